The lowest BCUT2D eigenvalue weighted by Gasteiger charge is -2.42. The summed E-state index contributed by atoms with van der Waals surface area (Å²) in [4.78, 5) is 16.3. The maximum absolute atomic E-state index is 12.3. The maximum Gasteiger partial charge on any atom is 0.410 e. The van der Waals surface area contributed by atoms with Gasteiger partial charge in [-0.3, -0.25) is 0 Å². The van der Waals surface area contributed by atoms with Crippen LogP contribution in [0.5, 0.6) is 0 Å². The molecule has 0 aromatic carbocycles. The molecular weight excluding hydrogens is 280 g/mol. The Morgan fingerprint density at radius 3 is 2.55 bits per heavy atom. The Labute approximate surface area is 135 Å². The highest BCUT2D eigenvalue weighted by molar-refractivity contribution is 5.68. The van der Waals surface area contributed by atoms with Crippen molar-refractivity contribution >= 4 is 6.09 Å². The molecule has 1 aliphatic heterocycles. The Hall–Kier alpha value is -0.810. The smallest absolute Gasteiger partial charge is 0.410 e. The van der Waals surface area contributed by atoms with Crippen LogP contribution in [0.25, 0.3) is 0 Å². The minimum atomic E-state index is -0.448. The van der Waals surface area contributed by atoms with Gasteiger partial charge in [0.15, 0.2) is 0 Å². The van der Waals surface area contributed by atoms with Crippen molar-refractivity contribution in [3.05, 3.63) is 0 Å². The van der Waals surface area contributed by atoms with Crippen molar-refractivity contribution in [3.63, 3.8) is 0 Å². The zero-order chi connectivity index (χ0) is 16.8. The Balaban J connectivity index is 2.55. The molecule has 0 saturated carbocycles. The Morgan fingerprint density at radius 1 is 1.32 bits per heavy atom. The summed E-state index contributed by atoms with van der Waals surface area (Å²) in [5, 5.41) is 0. The molecule has 1 unspecified atom stereocenters. The molecule has 1 atom stereocenters. The highest BCUT2D eigenvalue weighted by Gasteiger charge is 2.37. The van der Waals surface area contributed by atoms with Crippen LogP contribution in [-0.4, -0.2) is 67.4 Å². The van der Waals surface area contributed by atoms with E-state index in [0.717, 1.165) is 45.4 Å². The summed E-state index contributed by atoms with van der Waals surface area (Å²) < 4.78 is 11.7. The van der Waals surface area contributed by atoms with Crippen LogP contribution in [0.3, 0.4) is 0 Å². The van der Waals surface area contributed by atoms with Crippen molar-refractivity contribution in [3.8, 4) is 0 Å². The van der Waals surface area contributed by atoms with Crippen molar-refractivity contribution in [2.45, 2.75) is 64.6 Å². The number of rotatable bonds is 6. The van der Waals surface area contributed by atoms with Crippen LogP contribution >= 0.6 is 0 Å². The molecule has 0 aromatic heterocycles. The van der Waals surface area contributed by atoms with Gasteiger partial charge in [-0.1, -0.05) is 6.92 Å². The molecule has 1 heterocycles. The minimum absolute atomic E-state index is 0.207. The first-order chi connectivity index (χ1) is 10.2. The van der Waals surface area contributed by atoms with Gasteiger partial charge in [-0.25, -0.2) is 4.79 Å². The highest BCUT2D eigenvalue weighted by atomic mass is 16.6. The molecule has 5 heteroatoms. The van der Waals surface area contributed by atoms with Crippen LogP contribution in [0, 0.1) is 0 Å². The van der Waals surface area contributed by atoms with Crippen LogP contribution in [0.15, 0.2) is 0 Å². The second kappa shape index (κ2) is 8.16. The van der Waals surface area contributed by atoms with Crippen LogP contribution in [0.2, 0.25) is 0 Å². The molecule has 1 rings (SSSR count). The van der Waals surface area contributed by atoms with Gasteiger partial charge >= 0.3 is 6.09 Å². The summed E-state index contributed by atoms with van der Waals surface area (Å²) in [7, 11) is 4.14. The van der Waals surface area contributed by atoms with Gasteiger partial charge in [0.2, 0.25) is 0 Å². The number of ether oxygens (including phenoxy) is 2. The topological polar surface area (TPSA) is 42.0 Å². The van der Waals surface area contributed by atoms with Crippen LogP contribution in [0.4, 0.5) is 4.79 Å². The normalized spacial score (nSPS) is 23.0. The molecule has 22 heavy (non-hydrogen) atoms. The predicted octanol–water partition coefficient (Wildman–Crippen LogP) is 3.13. The number of carbonyl (C=O) groups is 1. The van der Waals surface area contributed by atoms with Gasteiger partial charge in [0.25, 0.3) is 0 Å². The van der Waals surface area contributed by atoms with Gasteiger partial charge in [0.1, 0.15) is 5.60 Å². The molecule has 0 radical (unpaired) electrons. The molecule has 1 fully saturated rings. The summed E-state index contributed by atoms with van der Waals surface area (Å²) in [6.07, 6.45) is 3.71. The van der Waals surface area contributed by atoms with Gasteiger partial charge in [-0.15, -0.1) is 0 Å². The lowest BCUT2D eigenvalue weighted by atomic mass is 9.90. The van der Waals surface area contributed by atoms with Crippen molar-refractivity contribution < 1.29 is 14.3 Å². The quantitative estimate of drug-likeness (QED) is 0.706. The van der Waals surface area contributed by atoms with E-state index >= 15 is 0 Å². The number of nitrogens with zero attached hydrogens (tertiary/aromatic N) is 2. The molecule has 5 nitrogen and oxygen atoms in total. The van der Waals surface area contributed by atoms with E-state index in [-0.39, 0.29) is 11.7 Å². The lowest BCUT2D eigenvalue weighted by Crippen LogP contribution is -2.52. The molecule has 1 aliphatic rings. The van der Waals surface area contributed by atoms with Gasteiger partial charge in [0.05, 0.1) is 12.1 Å². The summed E-state index contributed by atoms with van der Waals surface area (Å²) in [5.41, 5.74) is -0.655. The predicted molar refractivity (Wildman–Crippen MR) is 89.2 cm³/mol. The average molecular weight is 314 g/mol. The summed E-state index contributed by atoms with van der Waals surface area (Å²) in [5.74, 6) is 0. The van der Waals surface area contributed by atoms with E-state index < -0.39 is 5.60 Å². The first kappa shape index (κ1) is 19.2. The number of hydrogen-bond donors (Lipinski definition) is 0. The zero-order valence-electron chi connectivity index (χ0n) is 15.3. The van der Waals surface area contributed by atoms with Gasteiger partial charge in [-0.05, 0) is 67.1 Å². The summed E-state index contributed by atoms with van der Waals surface area (Å²) >= 11 is 0. The van der Waals surface area contributed by atoms with E-state index in [1.165, 1.54) is 0 Å². The van der Waals surface area contributed by atoms with Crippen LogP contribution < -0.4 is 0 Å². The summed E-state index contributed by atoms with van der Waals surface area (Å²) in [6.45, 7) is 11.0. The first-order valence-corrected chi connectivity index (χ1v) is 8.44. The number of amides is 1. The second-order valence-corrected chi connectivity index (χ2v) is 7.55. The number of piperidine rings is 1. The monoisotopic (exact) mass is 314 g/mol. The molecule has 130 valence electrons. The maximum atomic E-state index is 12.3. The van der Waals surface area contributed by atoms with E-state index in [2.05, 4.69) is 25.9 Å². The van der Waals surface area contributed by atoms with Crippen LogP contribution in [-0.2, 0) is 9.47 Å². The average Bonchev–Trinajstić information content (AvgIpc) is 2.42. The molecule has 0 bridgehead atoms. The Kier molecular flexibility index (Phi) is 7.13. The largest absolute Gasteiger partial charge is 0.444 e. The molecule has 1 saturated heterocycles. The third kappa shape index (κ3) is 6.53. The van der Waals surface area contributed by atoms with Gasteiger partial charge in [-0.2, -0.15) is 0 Å². The fourth-order valence-electron chi connectivity index (χ4n) is 2.76. The minimum Gasteiger partial charge on any atom is -0.444 e. The number of carbonyl (C=O) groups excluding carboxylic acids is 1. The number of likely N-dealkylation sites (tertiary alicyclic amines) is 1. The van der Waals surface area contributed by atoms with Gasteiger partial charge in [0, 0.05) is 13.2 Å². The molecule has 0 aliphatic carbocycles. The molecule has 0 N–H and O–H groups in total. The molecular formula is C17H34N2O3. The third-order valence-electron chi connectivity index (χ3n) is 3.99. The zero-order valence-corrected chi connectivity index (χ0v) is 15.3. The van der Waals surface area contributed by atoms with Gasteiger partial charge < -0.3 is 19.3 Å². The highest BCUT2D eigenvalue weighted by Crippen LogP contribution is 2.29. The van der Waals surface area contributed by atoms with E-state index in [1.54, 1.807) is 0 Å². The summed E-state index contributed by atoms with van der Waals surface area (Å²) in [6, 6.07) is 0. The molecule has 0 spiro atoms. The van der Waals surface area contributed by atoms with Crippen molar-refractivity contribution in [2.75, 3.05) is 40.3 Å². The Morgan fingerprint density at radius 2 is 2.00 bits per heavy atom. The van der Waals surface area contributed by atoms with Crippen molar-refractivity contribution in [1.82, 2.24) is 9.80 Å². The third-order valence-corrected chi connectivity index (χ3v) is 3.99. The fraction of sp³-hybridized carbons (Fsp3) is 0.941. The van der Waals surface area contributed by atoms with Crippen molar-refractivity contribution in [2.24, 2.45) is 0 Å². The molecule has 1 amide bonds. The van der Waals surface area contributed by atoms with E-state index in [0.29, 0.717) is 6.54 Å². The molecule has 0 aromatic rings. The Bertz CT molecular complexity index is 352. The van der Waals surface area contributed by atoms with E-state index in [1.807, 2.05) is 25.7 Å². The SMILES string of the molecule is CCC1(OCCCN(C)C)CCCN(C(=O)OC(C)(C)C)C1. The fourth-order valence-corrected chi connectivity index (χ4v) is 2.76. The van der Waals surface area contributed by atoms with E-state index in [4.69, 9.17) is 9.47 Å². The second-order valence-electron chi connectivity index (χ2n) is 7.55. The van der Waals surface area contributed by atoms with Crippen molar-refractivity contribution in [1.29, 1.82) is 0 Å². The lowest BCUT2D eigenvalue weighted by molar-refractivity contribution is -0.0944. The first-order valence-electron chi connectivity index (χ1n) is 8.44. The number of hydrogen-bond acceptors (Lipinski definition) is 4. The van der Waals surface area contributed by atoms with E-state index in [9.17, 15) is 4.79 Å². The van der Waals surface area contributed by atoms with Crippen LogP contribution in [0.1, 0.15) is 53.4 Å². The standard InChI is InChI=1S/C17H34N2O3/c1-7-17(21-13-9-11-18(5)6)10-8-12-19(14-17)15(20)22-16(2,3)4/h7-14H2,1-6H3.